The van der Waals surface area contributed by atoms with Crippen LogP contribution < -0.4 is 10.6 Å². The summed E-state index contributed by atoms with van der Waals surface area (Å²) in [5.74, 6) is 0.276. The summed E-state index contributed by atoms with van der Waals surface area (Å²) in [4.78, 5) is 12.4. The molecule has 0 spiro atoms. The van der Waals surface area contributed by atoms with Crippen molar-refractivity contribution in [2.45, 2.75) is 20.0 Å². The number of aryl methyl sites for hydroxylation is 1. The molecule has 0 bridgehead atoms. The maximum absolute atomic E-state index is 12.9. The van der Waals surface area contributed by atoms with Crippen molar-refractivity contribution in [2.24, 2.45) is 11.8 Å². The van der Waals surface area contributed by atoms with E-state index in [9.17, 15) is 18.0 Å². The minimum Gasteiger partial charge on any atom is -0.316 e. The average Bonchev–Trinajstić information content (AvgIpc) is 2.85. The van der Waals surface area contributed by atoms with Crippen molar-refractivity contribution in [3.63, 3.8) is 0 Å². The van der Waals surface area contributed by atoms with Crippen LogP contribution in [-0.4, -0.2) is 28.8 Å². The highest BCUT2D eigenvalue weighted by Gasteiger charge is 2.31. The fraction of sp³-hybridized carbons (Fsp3) is 0.412. The van der Waals surface area contributed by atoms with Gasteiger partial charge in [0.1, 0.15) is 5.82 Å². The van der Waals surface area contributed by atoms with Gasteiger partial charge in [0.25, 0.3) is 0 Å². The van der Waals surface area contributed by atoms with Gasteiger partial charge in [-0.3, -0.25) is 4.79 Å². The molecule has 5 nitrogen and oxygen atoms in total. The van der Waals surface area contributed by atoms with Gasteiger partial charge in [0.05, 0.1) is 16.9 Å². The summed E-state index contributed by atoms with van der Waals surface area (Å²) in [6.45, 7) is 5.15. The molecule has 142 valence electrons. The Kier molecular flexibility index (Phi) is 5.98. The molecule has 0 saturated carbocycles. The number of rotatable bonds is 4. The first-order valence-electron chi connectivity index (χ1n) is 8.01. The van der Waals surface area contributed by atoms with Crippen LogP contribution in [0.25, 0.3) is 5.69 Å². The fourth-order valence-electron chi connectivity index (χ4n) is 2.72. The molecule has 0 radical (unpaired) electrons. The minimum absolute atomic E-state index is 0. The lowest BCUT2D eigenvalue weighted by atomic mass is 9.88. The smallest absolute Gasteiger partial charge is 0.316 e. The van der Waals surface area contributed by atoms with Gasteiger partial charge in [-0.25, -0.2) is 4.68 Å². The van der Waals surface area contributed by atoms with E-state index in [0.29, 0.717) is 11.5 Å². The van der Waals surface area contributed by atoms with Crippen LogP contribution in [0.5, 0.6) is 0 Å². The number of hydrogen-bond donors (Lipinski definition) is 2. The molecule has 1 aliphatic heterocycles. The molecule has 3 rings (SSSR count). The van der Waals surface area contributed by atoms with E-state index in [0.717, 1.165) is 25.2 Å². The number of amides is 1. The Labute approximate surface area is 155 Å². The highest BCUT2D eigenvalue weighted by atomic mass is 35.5. The Morgan fingerprint density at radius 3 is 2.62 bits per heavy atom. The number of anilines is 1. The number of carbonyl (C=O) groups excluding carboxylic acids is 1. The Morgan fingerprint density at radius 1 is 1.35 bits per heavy atom. The molecule has 1 saturated heterocycles. The quantitative estimate of drug-likeness (QED) is 0.843. The van der Waals surface area contributed by atoms with Crippen molar-refractivity contribution in [1.29, 1.82) is 0 Å². The second kappa shape index (κ2) is 7.67. The Bertz CT molecular complexity index is 787. The second-order valence-corrected chi connectivity index (χ2v) is 6.33. The van der Waals surface area contributed by atoms with Gasteiger partial charge in [-0.2, -0.15) is 18.3 Å². The van der Waals surface area contributed by atoms with E-state index in [1.807, 2.05) is 6.92 Å². The second-order valence-electron chi connectivity index (χ2n) is 6.33. The molecule has 26 heavy (non-hydrogen) atoms. The standard InChI is InChI=1S/C17H19F3N4O.ClH/c1-10-6-15(22-16(25)11(2)12-8-21-9-12)24(23-10)14-5-3-4-13(7-14)17(18,19)20;/h3-7,11-12,21H,8-9H2,1-2H3,(H,22,25);1H. The van der Waals surface area contributed by atoms with E-state index in [4.69, 9.17) is 0 Å². The third kappa shape index (κ3) is 4.19. The van der Waals surface area contributed by atoms with E-state index in [1.54, 1.807) is 13.0 Å². The molecule has 1 aromatic carbocycles. The van der Waals surface area contributed by atoms with Crippen LogP contribution in [0.1, 0.15) is 18.2 Å². The fourth-order valence-corrected chi connectivity index (χ4v) is 2.72. The predicted octanol–water partition coefficient (Wildman–Crippen LogP) is 3.42. The lowest BCUT2D eigenvalue weighted by Gasteiger charge is -2.31. The van der Waals surface area contributed by atoms with Crippen LogP contribution in [0.4, 0.5) is 19.0 Å². The summed E-state index contributed by atoms with van der Waals surface area (Å²) >= 11 is 0. The first-order chi connectivity index (χ1) is 11.8. The van der Waals surface area contributed by atoms with Crippen LogP contribution in [0.3, 0.4) is 0 Å². The molecule has 1 aromatic heterocycles. The first kappa shape index (κ1) is 20.3. The van der Waals surface area contributed by atoms with E-state index < -0.39 is 11.7 Å². The summed E-state index contributed by atoms with van der Waals surface area (Å²) in [6, 6.07) is 6.51. The molecule has 1 unspecified atom stereocenters. The molecule has 1 atom stereocenters. The van der Waals surface area contributed by atoms with Crippen molar-refractivity contribution in [3.8, 4) is 5.69 Å². The predicted molar refractivity (Wildman–Crippen MR) is 94.7 cm³/mol. The zero-order valence-electron chi connectivity index (χ0n) is 14.3. The Morgan fingerprint density at radius 2 is 2.04 bits per heavy atom. The largest absolute Gasteiger partial charge is 0.416 e. The van der Waals surface area contributed by atoms with Crippen LogP contribution in [-0.2, 0) is 11.0 Å². The highest BCUT2D eigenvalue weighted by molar-refractivity contribution is 5.92. The van der Waals surface area contributed by atoms with Gasteiger partial charge in [0.2, 0.25) is 5.91 Å². The van der Waals surface area contributed by atoms with Crippen LogP contribution in [0.2, 0.25) is 0 Å². The van der Waals surface area contributed by atoms with Crippen molar-refractivity contribution < 1.29 is 18.0 Å². The van der Waals surface area contributed by atoms with Crippen LogP contribution in [0, 0.1) is 18.8 Å². The number of halogens is 4. The van der Waals surface area contributed by atoms with Crippen LogP contribution >= 0.6 is 12.4 Å². The molecule has 2 heterocycles. The third-order valence-electron chi connectivity index (χ3n) is 4.43. The summed E-state index contributed by atoms with van der Waals surface area (Å²) in [5, 5.41) is 10.1. The SMILES string of the molecule is Cc1cc(NC(=O)C(C)C2CNC2)n(-c2cccc(C(F)(F)F)c2)n1.Cl. The molecule has 1 fully saturated rings. The van der Waals surface area contributed by atoms with Crippen molar-refractivity contribution in [1.82, 2.24) is 15.1 Å². The van der Waals surface area contributed by atoms with Crippen molar-refractivity contribution in [2.75, 3.05) is 18.4 Å². The molecule has 9 heteroatoms. The lowest BCUT2D eigenvalue weighted by molar-refractivity contribution is -0.137. The van der Waals surface area contributed by atoms with Gasteiger partial charge in [-0.1, -0.05) is 13.0 Å². The van der Waals surface area contributed by atoms with E-state index in [-0.39, 0.29) is 35.8 Å². The molecule has 0 aliphatic carbocycles. The zero-order valence-corrected chi connectivity index (χ0v) is 15.1. The number of benzene rings is 1. The minimum atomic E-state index is -4.44. The van der Waals surface area contributed by atoms with Crippen molar-refractivity contribution in [3.05, 3.63) is 41.6 Å². The number of hydrogen-bond acceptors (Lipinski definition) is 3. The molecule has 1 aliphatic rings. The van der Waals surface area contributed by atoms with E-state index >= 15 is 0 Å². The van der Waals surface area contributed by atoms with Gasteiger partial charge in [-0.05, 0) is 44.1 Å². The number of carbonyl (C=O) groups is 1. The molecular formula is C17H20ClF3N4O. The maximum Gasteiger partial charge on any atom is 0.416 e. The number of nitrogens with one attached hydrogen (secondary N) is 2. The molecule has 2 aromatic rings. The molecule has 2 N–H and O–H groups in total. The van der Waals surface area contributed by atoms with E-state index in [2.05, 4.69) is 15.7 Å². The monoisotopic (exact) mass is 388 g/mol. The molecular weight excluding hydrogens is 369 g/mol. The van der Waals surface area contributed by atoms with Gasteiger partial charge >= 0.3 is 6.18 Å². The lowest BCUT2D eigenvalue weighted by Crippen LogP contribution is -2.48. The van der Waals surface area contributed by atoms with E-state index in [1.165, 1.54) is 16.8 Å². The third-order valence-corrected chi connectivity index (χ3v) is 4.43. The zero-order chi connectivity index (χ0) is 18.2. The van der Waals surface area contributed by atoms with Gasteiger partial charge < -0.3 is 10.6 Å². The topological polar surface area (TPSA) is 59.0 Å². The first-order valence-corrected chi connectivity index (χ1v) is 8.01. The summed E-state index contributed by atoms with van der Waals surface area (Å²) in [6.07, 6.45) is -4.44. The van der Waals surface area contributed by atoms with Gasteiger partial charge in [0, 0.05) is 12.0 Å². The summed E-state index contributed by atoms with van der Waals surface area (Å²) in [5.41, 5.74) is 0.0891. The number of alkyl halides is 3. The average molecular weight is 389 g/mol. The summed E-state index contributed by atoms with van der Waals surface area (Å²) < 4.78 is 40.1. The Hall–Kier alpha value is -2.06. The van der Waals surface area contributed by atoms with Crippen LogP contribution in [0.15, 0.2) is 30.3 Å². The highest BCUT2D eigenvalue weighted by Crippen LogP contribution is 2.31. The Balaban J connectivity index is 0.00000243. The number of aromatic nitrogens is 2. The van der Waals surface area contributed by atoms with Crippen molar-refractivity contribution >= 4 is 24.1 Å². The normalized spacial score (nSPS) is 15.7. The maximum atomic E-state index is 12.9. The van der Waals surface area contributed by atoms with Gasteiger partial charge in [0.15, 0.2) is 0 Å². The van der Waals surface area contributed by atoms with Gasteiger partial charge in [-0.15, -0.1) is 12.4 Å². The number of nitrogens with zero attached hydrogens (tertiary/aromatic N) is 2. The summed E-state index contributed by atoms with van der Waals surface area (Å²) in [7, 11) is 0. The molecule has 1 amide bonds.